The fourth-order valence-electron chi connectivity index (χ4n) is 3.46. The number of likely N-dealkylation sites (tertiary alicyclic amines) is 1. The maximum atomic E-state index is 6.09. The molecule has 5 nitrogen and oxygen atoms in total. The second-order valence-electron chi connectivity index (χ2n) is 6.62. The quantitative estimate of drug-likeness (QED) is 0.914. The van der Waals surface area contributed by atoms with E-state index >= 15 is 0 Å². The van der Waals surface area contributed by atoms with Crippen LogP contribution in [0.25, 0.3) is 0 Å². The third kappa shape index (κ3) is 2.83. The highest BCUT2D eigenvalue weighted by molar-refractivity contribution is 5.34. The summed E-state index contributed by atoms with van der Waals surface area (Å²) in [7, 11) is 3.62. The average Bonchev–Trinajstić information content (AvgIpc) is 2.64. The first-order chi connectivity index (χ1) is 9.39. The van der Waals surface area contributed by atoms with E-state index in [4.69, 9.17) is 10.5 Å². The molecule has 114 valence electrons. The van der Waals surface area contributed by atoms with E-state index in [1.54, 1.807) is 7.11 Å². The van der Waals surface area contributed by atoms with Crippen LogP contribution in [0.2, 0.25) is 0 Å². The number of aromatic nitrogens is 2. The molecule has 1 fully saturated rings. The van der Waals surface area contributed by atoms with Crippen LogP contribution in [0.3, 0.4) is 0 Å². The molecule has 5 heteroatoms. The van der Waals surface area contributed by atoms with Gasteiger partial charge in [0.05, 0.1) is 24.4 Å². The van der Waals surface area contributed by atoms with Crippen LogP contribution in [-0.4, -0.2) is 41.4 Å². The molecule has 0 radical (unpaired) electrons. The topological polar surface area (TPSA) is 56.3 Å². The molecule has 2 N–H and O–H groups in total. The van der Waals surface area contributed by atoms with E-state index < -0.39 is 0 Å². The van der Waals surface area contributed by atoms with Crippen molar-refractivity contribution < 1.29 is 4.74 Å². The van der Waals surface area contributed by atoms with E-state index in [2.05, 4.69) is 23.8 Å². The standard InChI is InChI=1S/C15H28N4O/c1-11-13(14(20-5)18(4)17-11)12(9-16)19-8-6-7-15(2,3)10-19/h12H,6-10,16H2,1-5H3. The van der Waals surface area contributed by atoms with Gasteiger partial charge in [-0.1, -0.05) is 13.8 Å². The van der Waals surface area contributed by atoms with Crippen molar-refractivity contribution in [3.05, 3.63) is 11.3 Å². The Labute approximate surface area is 122 Å². The van der Waals surface area contributed by atoms with Gasteiger partial charge in [-0.3, -0.25) is 4.90 Å². The van der Waals surface area contributed by atoms with Crippen LogP contribution in [0.15, 0.2) is 0 Å². The van der Waals surface area contributed by atoms with Crippen LogP contribution in [0.4, 0.5) is 0 Å². The zero-order valence-electron chi connectivity index (χ0n) is 13.4. The van der Waals surface area contributed by atoms with E-state index in [0.29, 0.717) is 12.0 Å². The minimum absolute atomic E-state index is 0.193. The fourth-order valence-corrected chi connectivity index (χ4v) is 3.46. The van der Waals surface area contributed by atoms with Crippen molar-refractivity contribution in [1.29, 1.82) is 0 Å². The minimum atomic E-state index is 0.193. The highest BCUT2D eigenvalue weighted by atomic mass is 16.5. The van der Waals surface area contributed by atoms with E-state index in [1.165, 1.54) is 12.8 Å². The first-order valence-electron chi connectivity index (χ1n) is 7.41. The molecule has 1 aromatic rings. The largest absolute Gasteiger partial charge is 0.481 e. The lowest BCUT2D eigenvalue weighted by Crippen LogP contribution is -2.44. The summed E-state index contributed by atoms with van der Waals surface area (Å²) in [5.74, 6) is 0.835. The number of nitrogens with zero attached hydrogens (tertiary/aromatic N) is 3. The minimum Gasteiger partial charge on any atom is -0.481 e. The zero-order chi connectivity index (χ0) is 14.9. The molecule has 0 aliphatic carbocycles. The first-order valence-corrected chi connectivity index (χ1v) is 7.41. The van der Waals surface area contributed by atoms with Gasteiger partial charge in [0.1, 0.15) is 0 Å². The van der Waals surface area contributed by atoms with Crippen molar-refractivity contribution in [2.45, 2.75) is 39.7 Å². The Morgan fingerprint density at radius 3 is 2.70 bits per heavy atom. The Kier molecular flexibility index (Phi) is 4.39. The molecule has 1 aliphatic rings. The highest BCUT2D eigenvalue weighted by Crippen LogP contribution is 2.37. The summed E-state index contributed by atoms with van der Waals surface area (Å²) >= 11 is 0. The van der Waals surface area contributed by atoms with Gasteiger partial charge in [0.2, 0.25) is 5.88 Å². The molecule has 1 unspecified atom stereocenters. The van der Waals surface area contributed by atoms with E-state index in [0.717, 1.165) is 30.2 Å². The van der Waals surface area contributed by atoms with Crippen LogP contribution in [0, 0.1) is 12.3 Å². The van der Waals surface area contributed by atoms with Crippen LogP contribution < -0.4 is 10.5 Å². The van der Waals surface area contributed by atoms with Gasteiger partial charge in [-0.25, -0.2) is 4.68 Å². The lowest BCUT2D eigenvalue weighted by Gasteiger charge is -2.42. The van der Waals surface area contributed by atoms with E-state index in [-0.39, 0.29) is 6.04 Å². The second kappa shape index (κ2) is 5.74. The maximum Gasteiger partial charge on any atom is 0.216 e. The Morgan fingerprint density at radius 2 is 2.15 bits per heavy atom. The second-order valence-corrected chi connectivity index (χ2v) is 6.62. The maximum absolute atomic E-state index is 6.09. The smallest absolute Gasteiger partial charge is 0.216 e. The summed E-state index contributed by atoms with van der Waals surface area (Å²) in [6.07, 6.45) is 2.51. The lowest BCUT2D eigenvalue weighted by atomic mass is 9.83. The Morgan fingerprint density at radius 1 is 1.45 bits per heavy atom. The Balaban J connectivity index is 2.33. The van der Waals surface area contributed by atoms with Gasteiger partial charge in [0, 0.05) is 20.1 Å². The number of aryl methyl sites for hydroxylation is 2. The molecule has 1 aromatic heterocycles. The average molecular weight is 280 g/mol. The molecule has 20 heavy (non-hydrogen) atoms. The van der Waals surface area contributed by atoms with Crippen LogP contribution in [-0.2, 0) is 7.05 Å². The molecule has 0 spiro atoms. The lowest BCUT2D eigenvalue weighted by molar-refractivity contribution is 0.0792. The molecular formula is C15H28N4O. The van der Waals surface area contributed by atoms with Gasteiger partial charge in [0.25, 0.3) is 0 Å². The summed E-state index contributed by atoms with van der Waals surface area (Å²) in [6, 6.07) is 0.193. The summed E-state index contributed by atoms with van der Waals surface area (Å²) in [5, 5.41) is 4.49. The fraction of sp³-hybridized carbons (Fsp3) is 0.800. The first kappa shape index (κ1) is 15.3. The molecular weight excluding hydrogens is 252 g/mol. The molecule has 2 heterocycles. The number of rotatable bonds is 4. The summed E-state index contributed by atoms with van der Waals surface area (Å²) in [5.41, 5.74) is 8.61. The molecule has 0 aromatic carbocycles. The Hall–Kier alpha value is -1.07. The third-order valence-corrected chi connectivity index (χ3v) is 4.33. The van der Waals surface area contributed by atoms with Gasteiger partial charge in [-0.2, -0.15) is 5.10 Å². The highest BCUT2D eigenvalue weighted by Gasteiger charge is 2.33. The van der Waals surface area contributed by atoms with Gasteiger partial charge in [0.15, 0.2) is 0 Å². The van der Waals surface area contributed by atoms with Gasteiger partial charge in [-0.05, 0) is 31.7 Å². The van der Waals surface area contributed by atoms with Crippen molar-refractivity contribution in [1.82, 2.24) is 14.7 Å². The van der Waals surface area contributed by atoms with Crippen LogP contribution in [0.1, 0.15) is 44.0 Å². The van der Waals surface area contributed by atoms with Crippen molar-refractivity contribution >= 4 is 0 Å². The van der Waals surface area contributed by atoms with Crippen molar-refractivity contribution in [2.24, 2.45) is 18.2 Å². The number of hydrogen-bond acceptors (Lipinski definition) is 4. The monoisotopic (exact) mass is 280 g/mol. The molecule has 1 atom stereocenters. The summed E-state index contributed by atoms with van der Waals surface area (Å²) in [4.78, 5) is 2.50. The van der Waals surface area contributed by atoms with Crippen LogP contribution >= 0.6 is 0 Å². The number of nitrogens with two attached hydrogens (primary N) is 1. The summed E-state index contributed by atoms with van der Waals surface area (Å²) in [6.45, 7) is 9.48. The SMILES string of the molecule is COc1c(C(CN)N2CCCC(C)(C)C2)c(C)nn1C. The van der Waals surface area contributed by atoms with Crippen molar-refractivity contribution in [3.63, 3.8) is 0 Å². The predicted molar refractivity (Wildman–Crippen MR) is 80.9 cm³/mol. The number of piperidine rings is 1. The number of hydrogen-bond donors (Lipinski definition) is 1. The van der Waals surface area contributed by atoms with Gasteiger partial charge < -0.3 is 10.5 Å². The number of ether oxygens (including phenoxy) is 1. The van der Waals surface area contributed by atoms with Crippen molar-refractivity contribution in [3.8, 4) is 5.88 Å². The van der Waals surface area contributed by atoms with Crippen molar-refractivity contribution in [2.75, 3.05) is 26.7 Å². The zero-order valence-corrected chi connectivity index (χ0v) is 13.4. The molecule has 0 amide bonds. The van der Waals surface area contributed by atoms with E-state index in [9.17, 15) is 0 Å². The normalized spacial score (nSPS) is 20.9. The molecule has 1 aliphatic heterocycles. The number of methoxy groups -OCH3 is 1. The van der Waals surface area contributed by atoms with E-state index in [1.807, 2.05) is 18.7 Å². The molecule has 0 bridgehead atoms. The summed E-state index contributed by atoms with van der Waals surface area (Å²) < 4.78 is 7.35. The Bertz CT molecular complexity index is 467. The molecule has 0 saturated carbocycles. The van der Waals surface area contributed by atoms with Gasteiger partial charge in [-0.15, -0.1) is 0 Å². The predicted octanol–water partition coefficient (Wildman–Crippen LogP) is 1.86. The third-order valence-electron chi connectivity index (χ3n) is 4.33. The molecule has 2 rings (SSSR count). The van der Waals surface area contributed by atoms with Gasteiger partial charge >= 0.3 is 0 Å². The molecule has 1 saturated heterocycles. The van der Waals surface area contributed by atoms with Crippen LogP contribution in [0.5, 0.6) is 5.88 Å².